The molecule has 1 fully saturated rings. The molecule has 160 valence electrons. The van der Waals surface area contributed by atoms with E-state index in [1.54, 1.807) is 5.38 Å². The molecule has 0 aromatic carbocycles. The van der Waals surface area contributed by atoms with E-state index < -0.39 is 0 Å². The zero-order valence-electron chi connectivity index (χ0n) is 17.7. The van der Waals surface area contributed by atoms with Crippen LogP contribution in [-0.2, 0) is 0 Å². The number of nitrogens with one attached hydrogen (secondary N) is 2. The molecule has 10 heteroatoms. The number of carbonyl (C=O) groups excluding carboxylic acids is 1. The number of rotatable bonds is 8. The Labute approximate surface area is 181 Å². The minimum Gasteiger partial charge on any atom is -0.349 e. The van der Waals surface area contributed by atoms with Gasteiger partial charge in [-0.05, 0) is 40.4 Å². The fourth-order valence-corrected chi connectivity index (χ4v) is 4.13. The number of amides is 1. The molecule has 0 radical (unpaired) electrons. The molecule has 1 aliphatic rings. The summed E-state index contributed by atoms with van der Waals surface area (Å²) in [6.07, 6.45) is 2.10. The first-order valence-electron chi connectivity index (χ1n) is 10.0. The minimum absolute atomic E-state index is 0.180. The normalized spacial score (nSPS) is 17.0. The van der Waals surface area contributed by atoms with Gasteiger partial charge >= 0.3 is 0 Å². The van der Waals surface area contributed by atoms with Gasteiger partial charge in [-0.25, -0.2) is 15.0 Å². The Balaban J connectivity index is 1.65. The molecule has 9 nitrogen and oxygen atoms in total. The highest BCUT2D eigenvalue weighted by molar-refractivity contribution is 7.14. The number of likely N-dealkylation sites (N-methyl/N-ethyl adjacent to an activating group) is 1. The molecule has 1 atom stereocenters. The molecule has 0 spiro atoms. The van der Waals surface area contributed by atoms with Crippen molar-refractivity contribution in [2.24, 2.45) is 0 Å². The lowest BCUT2D eigenvalue weighted by Crippen LogP contribution is -2.35. The van der Waals surface area contributed by atoms with E-state index in [1.165, 1.54) is 11.3 Å². The molecule has 1 amide bonds. The standard InChI is InChI=1S/C20H28N8OS/c1-14-23-16(15-5-4-8-28(12-15)9-6-21)11-18(24-14)26-20-25-17(13-30-20)19(29)22-7-10-27(2)3/h11,13,15H,4-5,7-10,12H2,1-3H3,(H,22,29)(H,23,24,25,26)/t15-/m1/s1. The molecule has 0 bridgehead atoms. The Morgan fingerprint density at radius 2 is 2.23 bits per heavy atom. The fraction of sp³-hybridized carbons (Fsp3) is 0.550. The maximum Gasteiger partial charge on any atom is 0.270 e. The predicted molar refractivity (Wildman–Crippen MR) is 117 cm³/mol. The molecule has 2 N–H and O–H groups in total. The van der Waals surface area contributed by atoms with E-state index >= 15 is 0 Å². The number of likely N-dealkylation sites (tertiary alicyclic amines) is 1. The number of anilines is 2. The van der Waals surface area contributed by atoms with Crippen LogP contribution in [0.3, 0.4) is 0 Å². The number of aromatic nitrogens is 3. The van der Waals surface area contributed by atoms with Gasteiger partial charge in [-0.15, -0.1) is 11.3 Å². The highest BCUT2D eigenvalue weighted by Gasteiger charge is 2.23. The van der Waals surface area contributed by atoms with Crippen LogP contribution in [0.4, 0.5) is 10.9 Å². The first-order chi connectivity index (χ1) is 14.4. The van der Waals surface area contributed by atoms with Crippen LogP contribution in [0.5, 0.6) is 0 Å². The van der Waals surface area contributed by atoms with E-state index in [1.807, 2.05) is 32.0 Å². The van der Waals surface area contributed by atoms with Gasteiger partial charge in [0.2, 0.25) is 0 Å². The third kappa shape index (κ3) is 6.19. The van der Waals surface area contributed by atoms with E-state index in [4.69, 9.17) is 5.26 Å². The van der Waals surface area contributed by atoms with Gasteiger partial charge in [0.05, 0.1) is 18.3 Å². The average Bonchev–Trinajstić information content (AvgIpc) is 3.16. The van der Waals surface area contributed by atoms with Crippen molar-refractivity contribution in [3.8, 4) is 6.07 Å². The Morgan fingerprint density at radius 1 is 1.40 bits per heavy atom. The maximum absolute atomic E-state index is 12.2. The largest absolute Gasteiger partial charge is 0.349 e. The van der Waals surface area contributed by atoms with Gasteiger partial charge in [-0.1, -0.05) is 0 Å². The van der Waals surface area contributed by atoms with Crippen molar-refractivity contribution in [2.75, 3.05) is 52.1 Å². The monoisotopic (exact) mass is 428 g/mol. The van der Waals surface area contributed by atoms with Crippen LogP contribution in [-0.4, -0.2) is 77.5 Å². The molecule has 0 saturated carbocycles. The molecule has 2 aromatic heterocycles. The number of nitriles is 1. The Hall–Kier alpha value is -2.61. The summed E-state index contributed by atoms with van der Waals surface area (Å²) in [5.74, 6) is 1.46. The molecule has 2 aromatic rings. The molecule has 3 heterocycles. The quantitative estimate of drug-likeness (QED) is 0.614. The van der Waals surface area contributed by atoms with Crippen molar-refractivity contribution < 1.29 is 4.79 Å². The fourth-order valence-electron chi connectivity index (χ4n) is 3.43. The summed E-state index contributed by atoms with van der Waals surface area (Å²) in [7, 11) is 3.92. The summed E-state index contributed by atoms with van der Waals surface area (Å²) in [5, 5.41) is 17.4. The second-order valence-electron chi connectivity index (χ2n) is 7.68. The molecular weight excluding hydrogens is 400 g/mol. The maximum atomic E-state index is 12.2. The van der Waals surface area contributed by atoms with Crippen molar-refractivity contribution in [3.05, 3.63) is 28.7 Å². The number of piperidine rings is 1. The molecule has 1 saturated heterocycles. The molecule has 3 rings (SSSR count). The number of carbonyl (C=O) groups is 1. The second-order valence-corrected chi connectivity index (χ2v) is 8.54. The van der Waals surface area contributed by atoms with Gasteiger partial charge in [0.1, 0.15) is 17.3 Å². The summed E-state index contributed by atoms with van der Waals surface area (Å²) in [6, 6.07) is 4.18. The van der Waals surface area contributed by atoms with E-state index in [2.05, 4.69) is 36.6 Å². The Bertz CT molecular complexity index is 906. The minimum atomic E-state index is -0.180. The molecular formula is C20H28N8OS. The van der Waals surface area contributed by atoms with Gasteiger partial charge in [0.15, 0.2) is 5.13 Å². The average molecular weight is 429 g/mol. The summed E-state index contributed by atoms with van der Waals surface area (Å²) >= 11 is 1.37. The second kappa shape index (κ2) is 10.4. The van der Waals surface area contributed by atoms with E-state index in [-0.39, 0.29) is 11.8 Å². The smallest absolute Gasteiger partial charge is 0.270 e. The SMILES string of the molecule is Cc1nc(Nc2nc(C(=O)NCCN(C)C)cs2)cc([C@@H]2CCCN(CC#N)C2)n1. The lowest BCUT2D eigenvalue weighted by molar-refractivity contribution is 0.0947. The van der Waals surface area contributed by atoms with E-state index in [0.29, 0.717) is 35.6 Å². The van der Waals surface area contributed by atoms with Crippen molar-refractivity contribution in [2.45, 2.75) is 25.7 Å². The summed E-state index contributed by atoms with van der Waals surface area (Å²) in [6.45, 7) is 5.46. The summed E-state index contributed by atoms with van der Waals surface area (Å²) in [4.78, 5) is 29.9. The van der Waals surface area contributed by atoms with Gasteiger partial charge < -0.3 is 15.5 Å². The highest BCUT2D eigenvalue weighted by atomic mass is 32.1. The zero-order chi connectivity index (χ0) is 21.5. The number of aryl methyl sites for hydroxylation is 1. The third-order valence-electron chi connectivity index (χ3n) is 4.89. The van der Waals surface area contributed by atoms with E-state index in [0.717, 1.165) is 38.2 Å². The molecule has 0 unspecified atom stereocenters. The number of hydrogen-bond acceptors (Lipinski definition) is 9. The summed E-state index contributed by atoms with van der Waals surface area (Å²) in [5.41, 5.74) is 1.37. The van der Waals surface area contributed by atoms with Crippen LogP contribution >= 0.6 is 11.3 Å². The van der Waals surface area contributed by atoms with Gasteiger partial charge in [-0.3, -0.25) is 9.69 Å². The Kier molecular flexibility index (Phi) is 7.68. The lowest BCUT2D eigenvalue weighted by atomic mass is 9.94. The lowest BCUT2D eigenvalue weighted by Gasteiger charge is -2.30. The number of thiazole rings is 1. The predicted octanol–water partition coefficient (Wildman–Crippen LogP) is 1.98. The van der Waals surface area contributed by atoms with Crippen LogP contribution in [0.2, 0.25) is 0 Å². The molecule has 1 aliphatic heterocycles. The van der Waals surface area contributed by atoms with Crippen LogP contribution in [0, 0.1) is 18.3 Å². The first kappa shape index (κ1) is 22.1. The van der Waals surface area contributed by atoms with Crippen molar-refractivity contribution in [3.63, 3.8) is 0 Å². The third-order valence-corrected chi connectivity index (χ3v) is 5.65. The van der Waals surface area contributed by atoms with Crippen molar-refractivity contribution in [1.82, 2.24) is 30.1 Å². The van der Waals surface area contributed by atoms with Gasteiger partial charge in [0.25, 0.3) is 5.91 Å². The first-order valence-corrected chi connectivity index (χ1v) is 10.9. The van der Waals surface area contributed by atoms with Gasteiger partial charge in [-0.2, -0.15) is 5.26 Å². The van der Waals surface area contributed by atoms with Crippen LogP contribution in [0.1, 0.15) is 40.8 Å². The van der Waals surface area contributed by atoms with Crippen LogP contribution in [0.25, 0.3) is 0 Å². The van der Waals surface area contributed by atoms with Crippen molar-refractivity contribution >= 4 is 28.2 Å². The highest BCUT2D eigenvalue weighted by Crippen LogP contribution is 2.28. The number of nitrogens with zero attached hydrogens (tertiary/aromatic N) is 6. The van der Waals surface area contributed by atoms with E-state index in [9.17, 15) is 4.79 Å². The Morgan fingerprint density at radius 3 is 3.00 bits per heavy atom. The van der Waals surface area contributed by atoms with Crippen LogP contribution in [0.15, 0.2) is 11.4 Å². The zero-order valence-corrected chi connectivity index (χ0v) is 18.5. The van der Waals surface area contributed by atoms with Gasteiger partial charge in [0, 0.05) is 37.0 Å². The van der Waals surface area contributed by atoms with Crippen LogP contribution < -0.4 is 10.6 Å². The molecule has 0 aliphatic carbocycles. The molecule has 30 heavy (non-hydrogen) atoms. The van der Waals surface area contributed by atoms with Crippen molar-refractivity contribution in [1.29, 1.82) is 5.26 Å². The number of hydrogen-bond donors (Lipinski definition) is 2. The topological polar surface area (TPSA) is 110 Å². The summed E-state index contributed by atoms with van der Waals surface area (Å²) < 4.78 is 0.